The highest BCUT2D eigenvalue weighted by Gasteiger charge is 2.13. The van der Waals surface area contributed by atoms with Crippen molar-refractivity contribution in [2.24, 2.45) is 0 Å². The minimum atomic E-state index is -0.393. The van der Waals surface area contributed by atoms with Crippen molar-refractivity contribution in [2.45, 2.75) is 0 Å². The predicted octanol–water partition coefficient (Wildman–Crippen LogP) is 6.50. The van der Waals surface area contributed by atoms with Gasteiger partial charge in [0.05, 0.1) is 11.4 Å². The highest BCUT2D eigenvalue weighted by molar-refractivity contribution is 5.82. The topological polar surface area (TPSA) is 12.9 Å². The third kappa shape index (κ3) is 3.60. The van der Waals surface area contributed by atoms with Gasteiger partial charge in [-0.1, -0.05) is 42.5 Å². The number of aromatic nitrogens is 1. The number of nitrogens with zero attached hydrogens (tertiary/aromatic N) is 1. The van der Waals surface area contributed by atoms with E-state index in [1.54, 1.807) is 48.5 Å². The molecule has 132 valence electrons. The first kappa shape index (κ1) is 17.0. The van der Waals surface area contributed by atoms with E-state index in [9.17, 15) is 13.2 Å². The Morgan fingerprint density at radius 1 is 0.519 bits per heavy atom. The summed E-state index contributed by atoms with van der Waals surface area (Å²) in [6.45, 7) is 0. The highest BCUT2D eigenvalue weighted by atomic mass is 19.1. The van der Waals surface area contributed by atoms with Gasteiger partial charge in [0.1, 0.15) is 17.5 Å². The van der Waals surface area contributed by atoms with Crippen LogP contribution >= 0.6 is 0 Å². The van der Waals surface area contributed by atoms with Crippen molar-refractivity contribution in [1.82, 2.24) is 4.98 Å². The lowest BCUT2D eigenvalue weighted by molar-refractivity contribution is 0.627. The summed E-state index contributed by atoms with van der Waals surface area (Å²) in [6, 6.07) is 21.9. The number of hydrogen-bond acceptors (Lipinski definition) is 1. The zero-order valence-corrected chi connectivity index (χ0v) is 14.2. The monoisotopic (exact) mass is 361 g/mol. The van der Waals surface area contributed by atoms with Crippen LogP contribution in [0.15, 0.2) is 84.9 Å². The molecule has 4 aromatic rings. The molecule has 0 saturated carbocycles. The Kier molecular flexibility index (Phi) is 4.47. The normalized spacial score (nSPS) is 10.8. The van der Waals surface area contributed by atoms with Gasteiger partial charge in [-0.25, -0.2) is 18.2 Å². The second kappa shape index (κ2) is 7.08. The number of halogens is 3. The minimum absolute atomic E-state index is 0.365. The van der Waals surface area contributed by atoms with Crippen LogP contribution in [-0.2, 0) is 0 Å². The van der Waals surface area contributed by atoms with Crippen molar-refractivity contribution < 1.29 is 13.2 Å². The van der Waals surface area contributed by atoms with Gasteiger partial charge in [-0.2, -0.15) is 0 Å². The van der Waals surface area contributed by atoms with E-state index in [0.29, 0.717) is 33.6 Å². The molecule has 0 N–H and O–H groups in total. The molecule has 0 aliphatic rings. The molecule has 4 heteroatoms. The quantitative estimate of drug-likeness (QED) is 0.406. The summed E-state index contributed by atoms with van der Waals surface area (Å²) in [5.74, 6) is -1.13. The van der Waals surface area contributed by atoms with Crippen LogP contribution in [0.5, 0.6) is 0 Å². The van der Waals surface area contributed by atoms with Crippen LogP contribution in [0.1, 0.15) is 0 Å². The molecule has 0 saturated heterocycles. The lowest BCUT2D eigenvalue weighted by Gasteiger charge is -2.12. The SMILES string of the molecule is Fc1cccc(-c2ccc(-c3cccc(F)c3)c(-c3cccc(F)c3)n2)c1. The zero-order valence-electron chi connectivity index (χ0n) is 14.2. The van der Waals surface area contributed by atoms with Crippen molar-refractivity contribution in [1.29, 1.82) is 0 Å². The van der Waals surface area contributed by atoms with Crippen LogP contribution in [0.4, 0.5) is 13.2 Å². The maximum absolute atomic E-state index is 13.8. The molecule has 0 radical (unpaired) electrons. The second-order valence-corrected chi connectivity index (χ2v) is 6.12. The maximum Gasteiger partial charge on any atom is 0.123 e. The fourth-order valence-electron chi connectivity index (χ4n) is 3.01. The molecule has 0 aliphatic heterocycles. The Labute approximate surface area is 154 Å². The molecule has 1 aromatic heterocycles. The fourth-order valence-corrected chi connectivity index (χ4v) is 3.01. The van der Waals surface area contributed by atoms with Gasteiger partial charge < -0.3 is 0 Å². The first-order chi connectivity index (χ1) is 13.1. The third-order valence-electron chi connectivity index (χ3n) is 4.25. The standard InChI is InChI=1S/C23H14F3N/c24-18-7-1-4-15(12-18)21-10-11-22(16-5-2-8-19(25)13-16)27-23(21)17-6-3-9-20(26)14-17/h1-14H. The van der Waals surface area contributed by atoms with Crippen molar-refractivity contribution >= 4 is 0 Å². The van der Waals surface area contributed by atoms with Gasteiger partial charge in [0.25, 0.3) is 0 Å². The van der Waals surface area contributed by atoms with Crippen molar-refractivity contribution in [2.75, 3.05) is 0 Å². The van der Waals surface area contributed by atoms with E-state index in [-0.39, 0.29) is 11.6 Å². The lowest BCUT2D eigenvalue weighted by Crippen LogP contribution is -1.94. The average Bonchev–Trinajstić information content (AvgIpc) is 2.67. The van der Waals surface area contributed by atoms with E-state index in [0.717, 1.165) is 0 Å². The van der Waals surface area contributed by atoms with Crippen molar-refractivity contribution in [3.63, 3.8) is 0 Å². The summed E-state index contributed by atoms with van der Waals surface area (Å²) < 4.78 is 41.1. The van der Waals surface area contributed by atoms with Crippen LogP contribution in [0.25, 0.3) is 33.6 Å². The van der Waals surface area contributed by atoms with E-state index in [2.05, 4.69) is 4.98 Å². The lowest BCUT2D eigenvalue weighted by atomic mass is 9.97. The number of rotatable bonds is 3. The van der Waals surface area contributed by atoms with Crippen molar-refractivity contribution in [3.8, 4) is 33.6 Å². The fraction of sp³-hybridized carbons (Fsp3) is 0. The molecule has 0 fully saturated rings. The Morgan fingerprint density at radius 2 is 1.04 bits per heavy atom. The van der Waals surface area contributed by atoms with Crippen LogP contribution in [0.2, 0.25) is 0 Å². The number of hydrogen-bond donors (Lipinski definition) is 0. The smallest absolute Gasteiger partial charge is 0.123 e. The molecule has 0 amide bonds. The summed E-state index contributed by atoms with van der Waals surface area (Å²) in [5, 5.41) is 0. The minimum Gasteiger partial charge on any atom is -0.247 e. The van der Waals surface area contributed by atoms with Gasteiger partial charge in [0.15, 0.2) is 0 Å². The Morgan fingerprint density at radius 3 is 1.67 bits per heavy atom. The van der Waals surface area contributed by atoms with Crippen molar-refractivity contribution in [3.05, 3.63) is 102 Å². The summed E-state index contributed by atoms with van der Waals surface area (Å²) in [5.41, 5.74) is 3.52. The van der Waals surface area contributed by atoms with E-state index in [1.807, 2.05) is 0 Å². The molecule has 4 rings (SSSR count). The van der Waals surface area contributed by atoms with E-state index < -0.39 is 5.82 Å². The summed E-state index contributed by atoms with van der Waals surface area (Å²) >= 11 is 0. The molecule has 1 nitrogen and oxygen atoms in total. The molecule has 0 atom stereocenters. The van der Waals surface area contributed by atoms with Gasteiger partial charge >= 0.3 is 0 Å². The number of pyridine rings is 1. The largest absolute Gasteiger partial charge is 0.247 e. The van der Waals surface area contributed by atoms with Gasteiger partial charge in [0, 0.05) is 16.7 Å². The molecule has 1 heterocycles. The van der Waals surface area contributed by atoms with Crippen LogP contribution in [-0.4, -0.2) is 4.98 Å². The first-order valence-corrected chi connectivity index (χ1v) is 8.39. The summed E-state index contributed by atoms with van der Waals surface area (Å²) in [7, 11) is 0. The second-order valence-electron chi connectivity index (χ2n) is 6.12. The Balaban J connectivity index is 1.94. The molecule has 0 aliphatic carbocycles. The van der Waals surface area contributed by atoms with Crippen LogP contribution in [0.3, 0.4) is 0 Å². The molecule has 27 heavy (non-hydrogen) atoms. The highest BCUT2D eigenvalue weighted by Crippen LogP contribution is 2.33. The van der Waals surface area contributed by atoms with Gasteiger partial charge in [-0.15, -0.1) is 0 Å². The van der Waals surface area contributed by atoms with E-state index >= 15 is 0 Å². The van der Waals surface area contributed by atoms with Crippen LogP contribution < -0.4 is 0 Å². The molecule has 3 aromatic carbocycles. The number of benzene rings is 3. The average molecular weight is 361 g/mol. The molecule has 0 spiro atoms. The molecular weight excluding hydrogens is 347 g/mol. The zero-order chi connectivity index (χ0) is 18.8. The van der Waals surface area contributed by atoms with Gasteiger partial charge in [0.2, 0.25) is 0 Å². The van der Waals surface area contributed by atoms with E-state index in [1.165, 1.54) is 36.4 Å². The summed E-state index contributed by atoms with van der Waals surface area (Å²) in [6.07, 6.45) is 0. The van der Waals surface area contributed by atoms with Gasteiger partial charge in [-0.05, 0) is 48.0 Å². The molecular formula is C23H14F3N. The maximum atomic E-state index is 13.8. The molecule has 0 unspecified atom stereocenters. The molecule has 0 bridgehead atoms. The predicted molar refractivity (Wildman–Crippen MR) is 100 cm³/mol. The van der Waals surface area contributed by atoms with Crippen LogP contribution in [0, 0.1) is 17.5 Å². The Bertz CT molecular complexity index is 1120. The summed E-state index contributed by atoms with van der Waals surface area (Å²) in [4.78, 5) is 4.65. The Hall–Kier alpha value is -3.40. The third-order valence-corrected chi connectivity index (χ3v) is 4.25. The van der Waals surface area contributed by atoms with Gasteiger partial charge in [-0.3, -0.25) is 0 Å². The first-order valence-electron chi connectivity index (χ1n) is 8.39. The van der Waals surface area contributed by atoms with E-state index in [4.69, 9.17) is 0 Å².